The molecule has 0 saturated carbocycles. The van der Waals surface area contributed by atoms with E-state index in [0.717, 1.165) is 51.3 Å². The lowest BCUT2D eigenvalue weighted by molar-refractivity contribution is -0.137. The Morgan fingerprint density at radius 2 is 1.91 bits per heavy atom. The van der Waals surface area contributed by atoms with E-state index in [0.29, 0.717) is 6.61 Å². The average Bonchev–Trinajstić information content (AvgIpc) is 2.53. The Bertz CT molecular complexity index is 471. The highest BCUT2D eigenvalue weighted by Gasteiger charge is 2.19. The lowest BCUT2D eigenvalue weighted by Crippen LogP contribution is -2.46. The smallest absolute Gasteiger partial charge is 0.303 e. The van der Waals surface area contributed by atoms with Crippen molar-refractivity contribution in [2.75, 3.05) is 44.2 Å². The molecule has 1 saturated heterocycles. The van der Waals surface area contributed by atoms with Gasteiger partial charge in [0.1, 0.15) is 5.75 Å². The number of unbranched alkanes of at least 4 members (excludes halogenated alkanes) is 1. The van der Waals surface area contributed by atoms with Crippen LogP contribution in [-0.2, 0) is 4.79 Å². The van der Waals surface area contributed by atoms with Crippen molar-refractivity contribution in [2.45, 2.75) is 26.2 Å². The van der Waals surface area contributed by atoms with E-state index in [4.69, 9.17) is 9.84 Å². The van der Waals surface area contributed by atoms with Crippen LogP contribution in [-0.4, -0.2) is 55.3 Å². The van der Waals surface area contributed by atoms with Gasteiger partial charge >= 0.3 is 5.97 Å². The van der Waals surface area contributed by atoms with Gasteiger partial charge in [-0.3, -0.25) is 9.69 Å². The maximum absolute atomic E-state index is 10.5. The number of carbonyl (C=O) groups is 1. The van der Waals surface area contributed by atoms with Crippen LogP contribution in [0, 0.1) is 0 Å². The van der Waals surface area contributed by atoms with Crippen molar-refractivity contribution in [1.29, 1.82) is 0 Å². The Morgan fingerprint density at radius 3 is 2.59 bits per heavy atom. The van der Waals surface area contributed by atoms with Crippen LogP contribution in [0.2, 0.25) is 0 Å². The Labute approximate surface area is 132 Å². The Kier molecular flexibility index (Phi) is 6.52. The molecule has 1 aliphatic rings. The molecular weight excluding hydrogens is 280 g/mol. The minimum absolute atomic E-state index is 0.279. The second kappa shape index (κ2) is 8.63. The number of hydrogen-bond donors (Lipinski definition) is 1. The monoisotopic (exact) mass is 306 g/mol. The molecule has 5 nitrogen and oxygen atoms in total. The van der Waals surface area contributed by atoms with Crippen LogP contribution in [0.5, 0.6) is 5.75 Å². The summed E-state index contributed by atoms with van der Waals surface area (Å²) in [6.07, 6.45) is 2.01. The second-order valence-corrected chi connectivity index (χ2v) is 5.58. The van der Waals surface area contributed by atoms with Crippen molar-refractivity contribution in [3.05, 3.63) is 24.3 Å². The summed E-state index contributed by atoms with van der Waals surface area (Å²) in [4.78, 5) is 15.3. The summed E-state index contributed by atoms with van der Waals surface area (Å²) >= 11 is 0. The number of nitrogens with zero attached hydrogens (tertiary/aromatic N) is 2. The van der Waals surface area contributed by atoms with Gasteiger partial charge in [-0.2, -0.15) is 0 Å². The van der Waals surface area contributed by atoms with Crippen LogP contribution in [0.25, 0.3) is 0 Å². The van der Waals surface area contributed by atoms with Crippen LogP contribution < -0.4 is 9.64 Å². The van der Waals surface area contributed by atoms with E-state index >= 15 is 0 Å². The molecule has 0 amide bonds. The minimum atomic E-state index is -0.697. The number of carboxylic acid groups (broad SMARTS) is 1. The normalized spacial score (nSPS) is 15.8. The zero-order valence-corrected chi connectivity index (χ0v) is 13.3. The van der Waals surface area contributed by atoms with Crippen LogP contribution >= 0.6 is 0 Å². The maximum Gasteiger partial charge on any atom is 0.303 e. The molecule has 2 rings (SSSR count). The molecule has 0 aromatic heterocycles. The standard InChI is InChI=1S/C17H26N2O3/c1-2-22-16-8-4-3-7-15(16)19-13-11-18(12-14-19)10-6-5-9-17(20)21/h3-4,7-8H,2,5-6,9-14H2,1H3,(H,20,21). The van der Waals surface area contributed by atoms with Crippen molar-refractivity contribution in [2.24, 2.45) is 0 Å². The van der Waals surface area contributed by atoms with Crippen molar-refractivity contribution in [3.8, 4) is 5.75 Å². The molecule has 1 fully saturated rings. The quantitative estimate of drug-likeness (QED) is 0.748. The maximum atomic E-state index is 10.5. The molecule has 0 unspecified atom stereocenters. The summed E-state index contributed by atoms with van der Waals surface area (Å²) in [7, 11) is 0. The molecule has 1 aromatic carbocycles. The number of aliphatic carboxylic acids is 1. The molecule has 22 heavy (non-hydrogen) atoms. The zero-order chi connectivity index (χ0) is 15.8. The summed E-state index contributed by atoms with van der Waals surface area (Å²) in [6.45, 7) is 7.70. The van der Waals surface area contributed by atoms with Gasteiger partial charge in [-0.15, -0.1) is 0 Å². The number of para-hydroxylation sites is 2. The Hall–Kier alpha value is -1.75. The Balaban J connectivity index is 1.78. The van der Waals surface area contributed by atoms with Gasteiger partial charge in [-0.25, -0.2) is 0 Å². The molecule has 0 spiro atoms. The zero-order valence-electron chi connectivity index (χ0n) is 13.3. The highest BCUT2D eigenvalue weighted by molar-refractivity contribution is 5.66. The predicted octanol–water partition coefficient (Wildman–Crippen LogP) is 2.46. The van der Waals surface area contributed by atoms with Gasteiger partial charge in [0.05, 0.1) is 12.3 Å². The summed E-state index contributed by atoms with van der Waals surface area (Å²) in [5, 5.41) is 8.65. The fraction of sp³-hybridized carbons (Fsp3) is 0.588. The van der Waals surface area contributed by atoms with Crippen molar-refractivity contribution >= 4 is 11.7 Å². The van der Waals surface area contributed by atoms with Crippen molar-refractivity contribution < 1.29 is 14.6 Å². The predicted molar refractivity (Wildman–Crippen MR) is 87.8 cm³/mol. The molecule has 1 heterocycles. The second-order valence-electron chi connectivity index (χ2n) is 5.58. The summed E-state index contributed by atoms with van der Waals surface area (Å²) in [5.41, 5.74) is 1.18. The summed E-state index contributed by atoms with van der Waals surface area (Å²) in [6, 6.07) is 8.20. The van der Waals surface area contributed by atoms with E-state index in [9.17, 15) is 4.79 Å². The van der Waals surface area contributed by atoms with Gasteiger partial charge in [-0.05, 0) is 38.4 Å². The van der Waals surface area contributed by atoms with E-state index in [1.807, 2.05) is 19.1 Å². The van der Waals surface area contributed by atoms with E-state index in [1.165, 1.54) is 5.69 Å². The third-order valence-corrected chi connectivity index (χ3v) is 3.99. The van der Waals surface area contributed by atoms with E-state index in [1.54, 1.807) is 0 Å². The summed E-state index contributed by atoms with van der Waals surface area (Å²) in [5.74, 6) is 0.261. The number of ether oxygens (including phenoxy) is 1. The topological polar surface area (TPSA) is 53.0 Å². The first-order valence-corrected chi connectivity index (χ1v) is 8.11. The van der Waals surface area contributed by atoms with E-state index in [2.05, 4.69) is 21.9 Å². The van der Waals surface area contributed by atoms with E-state index in [-0.39, 0.29) is 6.42 Å². The first-order chi connectivity index (χ1) is 10.7. The molecule has 122 valence electrons. The van der Waals surface area contributed by atoms with Gasteiger partial charge < -0.3 is 14.7 Å². The number of anilines is 1. The van der Waals surface area contributed by atoms with Gasteiger partial charge in [0.2, 0.25) is 0 Å². The molecular formula is C17H26N2O3. The minimum Gasteiger partial charge on any atom is -0.492 e. The van der Waals surface area contributed by atoms with Crippen LogP contribution in [0.3, 0.4) is 0 Å². The molecule has 1 aliphatic heterocycles. The van der Waals surface area contributed by atoms with Crippen molar-refractivity contribution in [3.63, 3.8) is 0 Å². The largest absolute Gasteiger partial charge is 0.492 e. The third kappa shape index (κ3) is 4.91. The lowest BCUT2D eigenvalue weighted by Gasteiger charge is -2.36. The first-order valence-electron chi connectivity index (χ1n) is 8.11. The van der Waals surface area contributed by atoms with Crippen LogP contribution in [0.15, 0.2) is 24.3 Å². The SMILES string of the molecule is CCOc1ccccc1N1CCN(CCCCC(=O)O)CC1. The highest BCUT2D eigenvalue weighted by atomic mass is 16.5. The molecule has 0 radical (unpaired) electrons. The van der Waals surface area contributed by atoms with Gasteiger partial charge in [0, 0.05) is 32.6 Å². The highest BCUT2D eigenvalue weighted by Crippen LogP contribution is 2.28. The van der Waals surface area contributed by atoms with Crippen molar-refractivity contribution in [1.82, 2.24) is 4.90 Å². The van der Waals surface area contributed by atoms with Gasteiger partial charge in [0.15, 0.2) is 0 Å². The van der Waals surface area contributed by atoms with Gasteiger partial charge in [0.25, 0.3) is 0 Å². The molecule has 0 aliphatic carbocycles. The number of rotatable bonds is 8. The van der Waals surface area contributed by atoms with Crippen LogP contribution in [0.1, 0.15) is 26.2 Å². The first kappa shape index (κ1) is 16.6. The van der Waals surface area contributed by atoms with Gasteiger partial charge in [-0.1, -0.05) is 12.1 Å². The summed E-state index contributed by atoms with van der Waals surface area (Å²) < 4.78 is 5.71. The third-order valence-electron chi connectivity index (χ3n) is 3.99. The number of benzene rings is 1. The molecule has 1 N–H and O–H groups in total. The molecule has 5 heteroatoms. The number of hydrogen-bond acceptors (Lipinski definition) is 4. The number of piperazine rings is 1. The fourth-order valence-corrected chi connectivity index (χ4v) is 2.82. The Morgan fingerprint density at radius 1 is 1.18 bits per heavy atom. The lowest BCUT2D eigenvalue weighted by atomic mass is 10.2. The van der Waals surface area contributed by atoms with E-state index < -0.39 is 5.97 Å². The molecule has 0 bridgehead atoms. The van der Waals surface area contributed by atoms with Crippen LogP contribution in [0.4, 0.5) is 5.69 Å². The molecule has 0 atom stereocenters. The number of carboxylic acids is 1. The average molecular weight is 306 g/mol. The fourth-order valence-electron chi connectivity index (χ4n) is 2.82. The molecule has 1 aromatic rings.